The molecular weight excluding hydrogens is 262 g/mol. The molecule has 0 aromatic heterocycles. The number of likely N-dealkylation sites (tertiary alicyclic amines) is 1. The highest BCUT2D eigenvalue weighted by Crippen LogP contribution is 2.33. The van der Waals surface area contributed by atoms with Crippen LogP contribution in [-0.4, -0.2) is 66.5 Å². The third-order valence-corrected chi connectivity index (χ3v) is 3.88. The maximum absolute atomic E-state index is 12.0. The van der Waals surface area contributed by atoms with E-state index in [1.165, 1.54) is 9.80 Å². The smallest absolute Gasteiger partial charge is 0.317 e. The van der Waals surface area contributed by atoms with Crippen molar-refractivity contribution >= 4 is 17.9 Å². The number of hydrogen-bond donors (Lipinski definition) is 2. The summed E-state index contributed by atoms with van der Waals surface area (Å²) in [6, 6.07) is -0.376. The number of aliphatic carboxylic acids is 1. The fraction of sp³-hybridized carbons (Fsp3) is 0.769. The summed E-state index contributed by atoms with van der Waals surface area (Å²) in [5.41, 5.74) is -0.860. The molecule has 114 valence electrons. The van der Waals surface area contributed by atoms with Crippen LogP contribution in [0.15, 0.2) is 0 Å². The number of nitrogens with one attached hydrogen (secondary N) is 1. The fourth-order valence-electron chi connectivity index (χ4n) is 2.34. The van der Waals surface area contributed by atoms with Gasteiger partial charge in [-0.1, -0.05) is 6.92 Å². The highest BCUT2D eigenvalue weighted by atomic mass is 16.4. The molecule has 1 fully saturated rings. The Balaban J connectivity index is 2.61. The monoisotopic (exact) mass is 285 g/mol. The first-order chi connectivity index (χ1) is 9.32. The molecule has 1 saturated heterocycles. The maximum atomic E-state index is 12.0. The molecule has 0 aliphatic carbocycles. The summed E-state index contributed by atoms with van der Waals surface area (Å²) < 4.78 is 0. The minimum atomic E-state index is -0.860. The second-order valence-electron chi connectivity index (χ2n) is 5.41. The number of rotatable bonds is 4. The molecule has 0 spiro atoms. The van der Waals surface area contributed by atoms with Gasteiger partial charge in [0.1, 0.15) is 0 Å². The first-order valence-electron chi connectivity index (χ1n) is 6.78. The largest absolute Gasteiger partial charge is 0.481 e. The summed E-state index contributed by atoms with van der Waals surface area (Å²) in [5, 5.41) is 11.9. The van der Waals surface area contributed by atoms with E-state index in [-0.39, 0.29) is 25.0 Å². The first kappa shape index (κ1) is 16.3. The maximum Gasteiger partial charge on any atom is 0.317 e. The molecular formula is C13H23N3O4. The minimum absolute atomic E-state index is 0.0749. The van der Waals surface area contributed by atoms with Gasteiger partial charge in [0.05, 0.1) is 12.0 Å². The van der Waals surface area contributed by atoms with Crippen LogP contribution in [0.4, 0.5) is 4.79 Å². The van der Waals surface area contributed by atoms with Gasteiger partial charge in [0.2, 0.25) is 5.91 Å². The Morgan fingerprint density at radius 2 is 2.00 bits per heavy atom. The molecule has 2 N–H and O–H groups in total. The number of urea groups is 1. The number of hydrogen-bond acceptors (Lipinski definition) is 3. The van der Waals surface area contributed by atoms with Gasteiger partial charge in [-0.15, -0.1) is 0 Å². The van der Waals surface area contributed by atoms with Crippen LogP contribution in [0.1, 0.15) is 26.2 Å². The van der Waals surface area contributed by atoms with Crippen molar-refractivity contribution in [3.05, 3.63) is 0 Å². The van der Waals surface area contributed by atoms with E-state index in [0.29, 0.717) is 25.8 Å². The van der Waals surface area contributed by atoms with E-state index in [0.717, 1.165) is 0 Å². The highest BCUT2D eigenvalue weighted by Gasteiger charge is 2.42. The van der Waals surface area contributed by atoms with Gasteiger partial charge in [-0.25, -0.2) is 4.79 Å². The summed E-state index contributed by atoms with van der Waals surface area (Å²) in [4.78, 5) is 37.7. The van der Waals surface area contributed by atoms with Gasteiger partial charge in [-0.2, -0.15) is 0 Å². The van der Waals surface area contributed by atoms with Gasteiger partial charge in [-0.05, 0) is 19.3 Å². The van der Waals surface area contributed by atoms with E-state index in [1.807, 2.05) is 6.92 Å². The number of carbonyl (C=O) groups excluding carboxylic acids is 2. The van der Waals surface area contributed by atoms with E-state index >= 15 is 0 Å². The van der Waals surface area contributed by atoms with Crippen molar-refractivity contribution in [3.8, 4) is 0 Å². The number of amides is 3. The molecule has 7 heteroatoms. The van der Waals surface area contributed by atoms with Crippen LogP contribution in [-0.2, 0) is 9.59 Å². The Hall–Kier alpha value is -1.79. The first-order valence-corrected chi connectivity index (χ1v) is 6.78. The molecule has 1 unspecified atom stereocenters. The molecule has 0 bridgehead atoms. The molecule has 1 atom stereocenters. The molecule has 1 heterocycles. The quantitative estimate of drug-likeness (QED) is 0.780. The summed E-state index contributed by atoms with van der Waals surface area (Å²) in [6.07, 6.45) is 1.73. The lowest BCUT2D eigenvalue weighted by Crippen LogP contribution is -2.53. The van der Waals surface area contributed by atoms with Gasteiger partial charge in [0.25, 0.3) is 0 Å². The molecule has 0 saturated carbocycles. The van der Waals surface area contributed by atoms with Crippen LogP contribution in [0.2, 0.25) is 0 Å². The van der Waals surface area contributed by atoms with Crippen molar-refractivity contribution in [2.24, 2.45) is 5.41 Å². The van der Waals surface area contributed by atoms with Crippen LogP contribution in [0.25, 0.3) is 0 Å². The number of likely N-dealkylation sites (N-methyl/N-ethyl adjacent to an activating group) is 1. The molecule has 0 aromatic rings. The van der Waals surface area contributed by atoms with Crippen molar-refractivity contribution in [3.63, 3.8) is 0 Å². The average Bonchev–Trinajstić information content (AvgIpc) is 2.43. The SMILES string of the molecule is CCC1(C(=O)O)CCCN(C(=O)NCC(=O)N(C)C)C1. The van der Waals surface area contributed by atoms with Crippen LogP contribution < -0.4 is 5.32 Å². The molecule has 1 aliphatic rings. The average molecular weight is 285 g/mol. The molecule has 0 radical (unpaired) electrons. The zero-order chi connectivity index (χ0) is 15.3. The lowest BCUT2D eigenvalue weighted by Gasteiger charge is -2.39. The van der Waals surface area contributed by atoms with Crippen molar-refractivity contribution in [2.45, 2.75) is 26.2 Å². The summed E-state index contributed by atoms with van der Waals surface area (Å²) in [6.45, 7) is 2.47. The zero-order valence-corrected chi connectivity index (χ0v) is 12.3. The predicted molar refractivity (Wildman–Crippen MR) is 73.3 cm³/mol. The lowest BCUT2D eigenvalue weighted by atomic mass is 9.78. The van der Waals surface area contributed by atoms with Gasteiger partial charge < -0.3 is 20.2 Å². The summed E-state index contributed by atoms with van der Waals surface area (Å²) in [7, 11) is 3.23. The Morgan fingerprint density at radius 3 is 2.50 bits per heavy atom. The number of carboxylic acid groups (broad SMARTS) is 1. The van der Waals surface area contributed by atoms with Crippen molar-refractivity contribution in [2.75, 3.05) is 33.7 Å². The van der Waals surface area contributed by atoms with Crippen LogP contribution in [0, 0.1) is 5.41 Å². The lowest BCUT2D eigenvalue weighted by molar-refractivity contribution is -0.152. The number of nitrogens with zero attached hydrogens (tertiary/aromatic N) is 2. The van der Waals surface area contributed by atoms with Gasteiger partial charge in [0.15, 0.2) is 0 Å². The van der Waals surface area contributed by atoms with E-state index < -0.39 is 11.4 Å². The Bertz CT molecular complexity index is 397. The van der Waals surface area contributed by atoms with Gasteiger partial charge in [-0.3, -0.25) is 9.59 Å². The standard InChI is InChI=1S/C13H23N3O4/c1-4-13(11(18)19)6-5-7-16(9-13)12(20)14-8-10(17)15(2)3/h4-9H2,1-3H3,(H,14,20)(H,18,19). The van der Waals surface area contributed by atoms with Gasteiger partial charge in [0, 0.05) is 27.2 Å². The van der Waals surface area contributed by atoms with E-state index in [2.05, 4.69) is 5.32 Å². The minimum Gasteiger partial charge on any atom is -0.481 e. The van der Waals surface area contributed by atoms with Crippen molar-refractivity contribution < 1.29 is 19.5 Å². The van der Waals surface area contributed by atoms with Gasteiger partial charge >= 0.3 is 12.0 Å². The molecule has 20 heavy (non-hydrogen) atoms. The molecule has 1 rings (SSSR count). The molecule has 7 nitrogen and oxygen atoms in total. The van der Waals surface area contributed by atoms with Crippen LogP contribution in [0.5, 0.6) is 0 Å². The molecule has 0 aromatic carbocycles. The topological polar surface area (TPSA) is 90.0 Å². The molecule has 1 aliphatic heterocycles. The van der Waals surface area contributed by atoms with E-state index in [4.69, 9.17) is 0 Å². The van der Waals surface area contributed by atoms with E-state index in [1.54, 1.807) is 14.1 Å². The Labute approximate surface area is 118 Å². The van der Waals surface area contributed by atoms with Crippen molar-refractivity contribution in [1.29, 1.82) is 0 Å². The fourth-order valence-corrected chi connectivity index (χ4v) is 2.34. The highest BCUT2D eigenvalue weighted by molar-refractivity contribution is 5.84. The number of carboxylic acids is 1. The predicted octanol–water partition coefficient (Wildman–Crippen LogP) is 0.361. The number of carbonyl (C=O) groups is 3. The normalized spacial score (nSPS) is 22.2. The van der Waals surface area contributed by atoms with Crippen molar-refractivity contribution in [1.82, 2.24) is 15.1 Å². The third kappa shape index (κ3) is 3.61. The second kappa shape index (κ2) is 6.58. The van der Waals surface area contributed by atoms with Crippen LogP contribution >= 0.6 is 0 Å². The third-order valence-electron chi connectivity index (χ3n) is 3.88. The second-order valence-corrected chi connectivity index (χ2v) is 5.41. The number of piperidine rings is 1. The summed E-state index contributed by atoms with van der Waals surface area (Å²) >= 11 is 0. The van der Waals surface area contributed by atoms with Crippen LogP contribution in [0.3, 0.4) is 0 Å². The Kier molecular flexibility index (Phi) is 5.35. The van der Waals surface area contributed by atoms with E-state index in [9.17, 15) is 19.5 Å². The zero-order valence-electron chi connectivity index (χ0n) is 12.3. The Morgan fingerprint density at radius 1 is 1.35 bits per heavy atom. The summed E-state index contributed by atoms with van der Waals surface area (Å²) in [5.74, 6) is -1.06. The molecule has 3 amide bonds.